The minimum atomic E-state index is -0.259. The van der Waals surface area contributed by atoms with Crippen LogP contribution in [0, 0.1) is 11.8 Å². The molecule has 0 aromatic carbocycles. The lowest BCUT2D eigenvalue weighted by Gasteiger charge is -2.33. The molecule has 0 aliphatic heterocycles. The molecule has 14 heavy (non-hydrogen) atoms. The molecule has 0 radical (unpaired) electrons. The van der Waals surface area contributed by atoms with E-state index in [2.05, 4.69) is 6.92 Å². The highest BCUT2D eigenvalue weighted by Gasteiger charge is 2.48. The van der Waals surface area contributed by atoms with Crippen molar-refractivity contribution in [3.8, 4) is 0 Å². The maximum absolute atomic E-state index is 10.1. The topological polar surface area (TPSA) is 46.2 Å². The fraction of sp³-hybridized carbons (Fsp3) is 1.00. The summed E-state index contributed by atoms with van der Waals surface area (Å²) in [5.41, 5.74) is 5.84. The average molecular weight is 197 g/mol. The summed E-state index contributed by atoms with van der Waals surface area (Å²) in [4.78, 5) is 0. The number of nitrogens with two attached hydrogens (primary N) is 1. The quantitative estimate of drug-likeness (QED) is 0.727. The summed E-state index contributed by atoms with van der Waals surface area (Å²) in [6.07, 6.45) is 8.45. The van der Waals surface area contributed by atoms with Crippen LogP contribution in [0.2, 0.25) is 0 Å². The highest BCUT2D eigenvalue weighted by Crippen LogP contribution is 2.42. The van der Waals surface area contributed by atoms with Crippen molar-refractivity contribution < 1.29 is 5.11 Å². The van der Waals surface area contributed by atoms with Crippen molar-refractivity contribution in [3.63, 3.8) is 0 Å². The molecule has 2 fully saturated rings. The lowest BCUT2D eigenvalue weighted by molar-refractivity contribution is 0.0408. The van der Waals surface area contributed by atoms with Crippen LogP contribution in [-0.2, 0) is 0 Å². The second-order valence-corrected chi connectivity index (χ2v) is 5.44. The molecule has 2 atom stereocenters. The molecule has 2 heteroatoms. The fourth-order valence-corrected chi connectivity index (χ4v) is 2.88. The summed E-state index contributed by atoms with van der Waals surface area (Å²) in [5, 5.41) is 10.1. The average Bonchev–Trinajstić information content (AvgIpc) is 2.97. The lowest BCUT2D eigenvalue weighted by atomic mass is 9.76. The van der Waals surface area contributed by atoms with Crippen molar-refractivity contribution in [1.29, 1.82) is 0 Å². The van der Waals surface area contributed by atoms with Crippen LogP contribution in [0.4, 0.5) is 0 Å². The predicted octanol–water partition coefficient (Wildman–Crippen LogP) is 2.05. The zero-order valence-corrected chi connectivity index (χ0v) is 9.21. The van der Waals surface area contributed by atoms with Gasteiger partial charge >= 0.3 is 0 Å². The van der Waals surface area contributed by atoms with Gasteiger partial charge in [-0.1, -0.05) is 39.0 Å². The van der Waals surface area contributed by atoms with E-state index in [0.29, 0.717) is 5.92 Å². The molecule has 2 aliphatic carbocycles. The van der Waals surface area contributed by atoms with Crippen molar-refractivity contribution >= 4 is 0 Å². The summed E-state index contributed by atoms with van der Waals surface area (Å²) in [5.74, 6) is 1.13. The predicted molar refractivity (Wildman–Crippen MR) is 57.9 cm³/mol. The minimum absolute atomic E-state index is 0.211. The van der Waals surface area contributed by atoms with Crippen LogP contribution in [0.15, 0.2) is 0 Å². The van der Waals surface area contributed by atoms with E-state index in [-0.39, 0.29) is 11.6 Å². The first-order chi connectivity index (χ1) is 6.63. The van der Waals surface area contributed by atoms with Gasteiger partial charge in [0.15, 0.2) is 0 Å². The Labute approximate surface area is 86.9 Å². The summed E-state index contributed by atoms with van der Waals surface area (Å²) in [7, 11) is 0. The Hall–Kier alpha value is -0.0800. The van der Waals surface area contributed by atoms with Crippen LogP contribution in [0.25, 0.3) is 0 Å². The highest BCUT2D eigenvalue weighted by molar-refractivity contribution is 5.06. The highest BCUT2D eigenvalue weighted by atomic mass is 16.3. The minimum Gasteiger partial charge on any atom is -0.391 e. The molecule has 0 aromatic rings. The molecule has 2 rings (SSSR count). The third kappa shape index (κ3) is 1.96. The molecule has 0 spiro atoms. The van der Waals surface area contributed by atoms with E-state index in [9.17, 15) is 5.11 Å². The Morgan fingerprint density at radius 2 is 1.79 bits per heavy atom. The van der Waals surface area contributed by atoms with Gasteiger partial charge in [-0.2, -0.15) is 0 Å². The third-order valence-electron chi connectivity index (χ3n) is 4.31. The zero-order chi connectivity index (χ0) is 10.2. The number of aliphatic hydroxyl groups excluding tert-OH is 1. The van der Waals surface area contributed by atoms with Gasteiger partial charge in [0.1, 0.15) is 0 Å². The molecule has 0 aromatic heterocycles. The van der Waals surface area contributed by atoms with Crippen molar-refractivity contribution in [2.24, 2.45) is 17.6 Å². The van der Waals surface area contributed by atoms with Gasteiger partial charge in [-0.3, -0.25) is 0 Å². The van der Waals surface area contributed by atoms with Gasteiger partial charge in [-0.05, 0) is 24.7 Å². The molecule has 2 nitrogen and oxygen atoms in total. The molecular weight excluding hydrogens is 174 g/mol. The first-order valence-corrected chi connectivity index (χ1v) is 6.10. The Morgan fingerprint density at radius 1 is 1.21 bits per heavy atom. The molecule has 2 aliphatic rings. The molecule has 0 bridgehead atoms. The summed E-state index contributed by atoms with van der Waals surface area (Å²) < 4.78 is 0. The number of hydrogen-bond acceptors (Lipinski definition) is 2. The summed E-state index contributed by atoms with van der Waals surface area (Å²) in [6.45, 7) is 2.19. The fourth-order valence-electron chi connectivity index (χ4n) is 2.88. The van der Waals surface area contributed by atoms with Crippen LogP contribution < -0.4 is 5.73 Å². The Bertz CT molecular complexity index is 194. The van der Waals surface area contributed by atoms with Gasteiger partial charge in [-0.15, -0.1) is 0 Å². The van der Waals surface area contributed by atoms with E-state index in [4.69, 9.17) is 5.73 Å². The van der Waals surface area contributed by atoms with Crippen molar-refractivity contribution in [2.45, 2.75) is 63.5 Å². The van der Waals surface area contributed by atoms with Gasteiger partial charge in [0, 0.05) is 5.54 Å². The summed E-state index contributed by atoms with van der Waals surface area (Å²) >= 11 is 0. The van der Waals surface area contributed by atoms with E-state index in [0.717, 1.165) is 18.8 Å². The monoisotopic (exact) mass is 197 g/mol. The molecule has 2 unspecified atom stereocenters. The van der Waals surface area contributed by atoms with Crippen LogP contribution in [0.3, 0.4) is 0 Å². The van der Waals surface area contributed by atoms with E-state index in [1.807, 2.05) is 0 Å². The van der Waals surface area contributed by atoms with Crippen LogP contribution in [0.5, 0.6) is 0 Å². The molecule has 82 valence electrons. The van der Waals surface area contributed by atoms with Crippen molar-refractivity contribution in [2.75, 3.05) is 0 Å². The molecule has 0 heterocycles. The molecule has 3 N–H and O–H groups in total. The maximum Gasteiger partial charge on any atom is 0.0747 e. The zero-order valence-electron chi connectivity index (χ0n) is 9.21. The Balaban J connectivity index is 1.89. The molecule has 2 saturated carbocycles. The van der Waals surface area contributed by atoms with Crippen LogP contribution in [-0.4, -0.2) is 16.7 Å². The van der Waals surface area contributed by atoms with Crippen molar-refractivity contribution in [3.05, 3.63) is 0 Å². The van der Waals surface area contributed by atoms with Crippen LogP contribution in [0.1, 0.15) is 51.9 Å². The van der Waals surface area contributed by atoms with Gasteiger partial charge < -0.3 is 10.8 Å². The lowest BCUT2D eigenvalue weighted by Crippen LogP contribution is -2.44. The van der Waals surface area contributed by atoms with E-state index < -0.39 is 0 Å². The number of hydrogen-bond donors (Lipinski definition) is 2. The number of aliphatic hydroxyl groups is 1. The first-order valence-electron chi connectivity index (χ1n) is 6.10. The van der Waals surface area contributed by atoms with Gasteiger partial charge in [0.05, 0.1) is 6.10 Å². The smallest absolute Gasteiger partial charge is 0.0747 e. The van der Waals surface area contributed by atoms with Gasteiger partial charge in [-0.25, -0.2) is 0 Å². The van der Waals surface area contributed by atoms with Crippen LogP contribution >= 0.6 is 0 Å². The Morgan fingerprint density at radius 3 is 2.29 bits per heavy atom. The standard InChI is InChI=1S/C12H23NO/c1-9(10-5-3-2-4-6-10)11(14)12(13)7-8-12/h9-11,14H,2-8,13H2,1H3. The van der Waals surface area contributed by atoms with Crippen molar-refractivity contribution in [1.82, 2.24) is 0 Å². The second-order valence-electron chi connectivity index (χ2n) is 5.44. The van der Waals surface area contributed by atoms with E-state index in [1.165, 1.54) is 32.1 Å². The Kier molecular flexibility index (Phi) is 2.85. The normalized spacial score (nSPS) is 31.1. The van der Waals surface area contributed by atoms with Gasteiger partial charge in [0.25, 0.3) is 0 Å². The SMILES string of the molecule is CC(C1CCCCC1)C(O)C1(N)CC1. The third-order valence-corrected chi connectivity index (χ3v) is 4.31. The molecule has 0 amide bonds. The molecule has 0 saturated heterocycles. The second kappa shape index (κ2) is 3.82. The molecular formula is C12H23NO. The first kappa shape index (κ1) is 10.4. The largest absolute Gasteiger partial charge is 0.391 e. The maximum atomic E-state index is 10.1. The van der Waals surface area contributed by atoms with E-state index >= 15 is 0 Å². The van der Waals surface area contributed by atoms with E-state index in [1.54, 1.807) is 0 Å². The van der Waals surface area contributed by atoms with Gasteiger partial charge in [0.2, 0.25) is 0 Å². The summed E-state index contributed by atoms with van der Waals surface area (Å²) in [6, 6.07) is 0. The number of rotatable bonds is 3.